The van der Waals surface area contributed by atoms with E-state index in [1.807, 2.05) is 25.1 Å². The molecule has 0 spiro atoms. The molecule has 1 unspecified atom stereocenters. The first-order valence-corrected chi connectivity index (χ1v) is 8.67. The minimum absolute atomic E-state index is 0.371. The van der Waals surface area contributed by atoms with E-state index in [9.17, 15) is 9.59 Å². The van der Waals surface area contributed by atoms with Gasteiger partial charge in [0.05, 0.1) is 12.2 Å². The number of para-hydroxylation sites is 1. The van der Waals surface area contributed by atoms with Gasteiger partial charge in [0.15, 0.2) is 6.10 Å². The van der Waals surface area contributed by atoms with Crippen LogP contribution in [0.4, 0.5) is 5.69 Å². The monoisotopic (exact) mass is 355 g/mol. The first kappa shape index (κ1) is 19.5. The molecule has 2 rings (SSSR count). The smallest absolute Gasteiger partial charge is 0.338 e. The van der Waals surface area contributed by atoms with Gasteiger partial charge in [-0.25, -0.2) is 4.79 Å². The molecule has 0 bridgehead atoms. The number of carbonyl (C=O) groups excluding carboxylic acids is 2. The van der Waals surface area contributed by atoms with Gasteiger partial charge in [-0.15, -0.1) is 0 Å². The van der Waals surface area contributed by atoms with E-state index in [4.69, 9.17) is 9.47 Å². The van der Waals surface area contributed by atoms with Gasteiger partial charge in [-0.2, -0.15) is 0 Å². The Kier molecular flexibility index (Phi) is 6.78. The summed E-state index contributed by atoms with van der Waals surface area (Å²) in [5.74, 6) is 0.199. The molecule has 0 fully saturated rings. The van der Waals surface area contributed by atoms with E-state index in [2.05, 4.69) is 19.2 Å². The summed E-state index contributed by atoms with van der Waals surface area (Å²) in [5, 5.41) is 2.77. The molecule has 0 heterocycles. The Morgan fingerprint density at radius 2 is 1.65 bits per heavy atom. The number of aryl methyl sites for hydroxylation is 1. The fourth-order valence-electron chi connectivity index (χ4n) is 2.18. The van der Waals surface area contributed by atoms with Crippen LogP contribution in [0.3, 0.4) is 0 Å². The van der Waals surface area contributed by atoms with Crippen molar-refractivity contribution >= 4 is 17.6 Å². The Balaban J connectivity index is 1.91. The molecule has 0 saturated carbocycles. The Hall–Kier alpha value is -2.82. The van der Waals surface area contributed by atoms with Crippen molar-refractivity contribution in [1.29, 1.82) is 0 Å². The van der Waals surface area contributed by atoms with Crippen LogP contribution in [0.5, 0.6) is 5.75 Å². The van der Waals surface area contributed by atoms with Crippen LogP contribution in [-0.2, 0) is 9.53 Å². The van der Waals surface area contributed by atoms with Crippen molar-refractivity contribution in [2.75, 3.05) is 11.9 Å². The number of hydrogen-bond donors (Lipinski definition) is 1. The van der Waals surface area contributed by atoms with E-state index in [-0.39, 0.29) is 5.91 Å². The lowest BCUT2D eigenvalue weighted by molar-refractivity contribution is -0.123. The maximum Gasteiger partial charge on any atom is 0.338 e. The van der Waals surface area contributed by atoms with Crippen molar-refractivity contribution in [2.45, 2.75) is 33.8 Å². The maximum absolute atomic E-state index is 12.2. The number of nitrogens with one attached hydrogen (secondary N) is 1. The first-order chi connectivity index (χ1) is 12.4. The summed E-state index contributed by atoms with van der Waals surface area (Å²) >= 11 is 0. The minimum Gasteiger partial charge on any atom is -0.493 e. The molecule has 0 aliphatic rings. The molecule has 0 aliphatic carbocycles. The molecular formula is C21H25NO4. The van der Waals surface area contributed by atoms with Gasteiger partial charge in [-0.3, -0.25) is 4.79 Å². The van der Waals surface area contributed by atoms with Crippen molar-refractivity contribution in [3.63, 3.8) is 0 Å². The quantitative estimate of drug-likeness (QED) is 0.756. The van der Waals surface area contributed by atoms with Crippen molar-refractivity contribution in [3.05, 3.63) is 59.7 Å². The van der Waals surface area contributed by atoms with Crippen LogP contribution in [0.15, 0.2) is 48.5 Å². The number of rotatable bonds is 7. The van der Waals surface area contributed by atoms with Crippen LogP contribution in [-0.4, -0.2) is 24.6 Å². The number of benzene rings is 2. The van der Waals surface area contributed by atoms with Crippen LogP contribution >= 0.6 is 0 Å². The Morgan fingerprint density at radius 1 is 1.00 bits per heavy atom. The van der Waals surface area contributed by atoms with Crippen molar-refractivity contribution in [1.82, 2.24) is 0 Å². The maximum atomic E-state index is 12.2. The molecular weight excluding hydrogens is 330 g/mol. The molecule has 26 heavy (non-hydrogen) atoms. The number of hydrogen-bond acceptors (Lipinski definition) is 4. The Bertz CT molecular complexity index is 753. The van der Waals surface area contributed by atoms with E-state index in [1.54, 1.807) is 37.3 Å². The first-order valence-electron chi connectivity index (χ1n) is 8.67. The van der Waals surface area contributed by atoms with Gasteiger partial charge >= 0.3 is 5.97 Å². The second kappa shape index (κ2) is 9.04. The molecule has 0 radical (unpaired) electrons. The number of esters is 1. The summed E-state index contributed by atoms with van der Waals surface area (Å²) < 4.78 is 10.8. The van der Waals surface area contributed by atoms with Crippen LogP contribution in [0.1, 0.15) is 36.7 Å². The van der Waals surface area contributed by atoms with E-state index in [0.717, 1.165) is 5.56 Å². The largest absolute Gasteiger partial charge is 0.493 e. The molecule has 2 aromatic rings. The lowest BCUT2D eigenvalue weighted by atomic mass is 10.2. The molecule has 0 aromatic heterocycles. The fourth-order valence-corrected chi connectivity index (χ4v) is 2.18. The van der Waals surface area contributed by atoms with Gasteiger partial charge in [0.1, 0.15) is 5.75 Å². The topological polar surface area (TPSA) is 64.6 Å². The molecule has 5 nitrogen and oxygen atoms in total. The van der Waals surface area contributed by atoms with Gasteiger partial charge in [-0.05, 0) is 55.7 Å². The summed E-state index contributed by atoms with van der Waals surface area (Å²) in [6.07, 6.45) is -0.904. The van der Waals surface area contributed by atoms with Crippen LogP contribution in [0.2, 0.25) is 0 Å². The summed E-state index contributed by atoms with van der Waals surface area (Å²) in [5.41, 5.74) is 2.01. The number of ether oxygens (including phenoxy) is 2. The third-order valence-electron chi connectivity index (χ3n) is 3.73. The summed E-state index contributed by atoms with van der Waals surface area (Å²) in [6.45, 7) is 8.19. The Morgan fingerprint density at radius 3 is 2.27 bits per heavy atom. The highest BCUT2D eigenvalue weighted by molar-refractivity contribution is 5.97. The minimum atomic E-state index is -0.904. The third kappa shape index (κ3) is 5.62. The van der Waals surface area contributed by atoms with Crippen molar-refractivity contribution < 1.29 is 19.1 Å². The van der Waals surface area contributed by atoms with Gasteiger partial charge in [-0.1, -0.05) is 32.0 Å². The molecule has 1 amide bonds. The van der Waals surface area contributed by atoms with Crippen LogP contribution < -0.4 is 10.1 Å². The molecule has 1 atom stereocenters. The van der Waals surface area contributed by atoms with E-state index in [1.165, 1.54) is 0 Å². The molecule has 0 saturated heterocycles. The Labute approximate surface area is 154 Å². The second-order valence-corrected chi connectivity index (χ2v) is 6.58. The predicted molar refractivity (Wildman–Crippen MR) is 101 cm³/mol. The SMILES string of the molecule is Cc1ccccc1NC(=O)C(C)OC(=O)c1ccc(OCC(C)C)cc1. The standard InChI is InChI=1S/C21H25NO4/c1-14(2)13-25-18-11-9-17(10-12-18)21(24)26-16(4)20(23)22-19-8-6-5-7-15(19)3/h5-12,14,16H,13H2,1-4H3,(H,22,23). The number of carbonyl (C=O) groups is 2. The average molecular weight is 355 g/mol. The zero-order valence-corrected chi connectivity index (χ0v) is 15.6. The van der Waals surface area contributed by atoms with Gasteiger partial charge in [0.2, 0.25) is 0 Å². The molecule has 138 valence electrons. The fraction of sp³-hybridized carbons (Fsp3) is 0.333. The van der Waals surface area contributed by atoms with Gasteiger partial charge < -0.3 is 14.8 Å². The highest BCUT2D eigenvalue weighted by Gasteiger charge is 2.19. The van der Waals surface area contributed by atoms with E-state index >= 15 is 0 Å². The number of anilines is 1. The summed E-state index contributed by atoms with van der Waals surface area (Å²) in [7, 11) is 0. The average Bonchev–Trinajstić information content (AvgIpc) is 2.62. The van der Waals surface area contributed by atoms with Gasteiger partial charge in [0, 0.05) is 5.69 Å². The molecule has 2 aromatic carbocycles. The van der Waals surface area contributed by atoms with Crippen molar-refractivity contribution in [3.8, 4) is 5.75 Å². The third-order valence-corrected chi connectivity index (χ3v) is 3.73. The normalized spacial score (nSPS) is 11.7. The zero-order valence-electron chi connectivity index (χ0n) is 15.6. The predicted octanol–water partition coefficient (Wildman–Crippen LogP) is 4.21. The van der Waals surface area contributed by atoms with E-state index < -0.39 is 12.1 Å². The molecule has 5 heteroatoms. The number of amides is 1. The second-order valence-electron chi connectivity index (χ2n) is 6.58. The molecule has 0 aliphatic heterocycles. The summed E-state index contributed by atoms with van der Waals surface area (Å²) in [4.78, 5) is 24.4. The molecule has 1 N–H and O–H groups in total. The van der Waals surface area contributed by atoms with Crippen molar-refractivity contribution in [2.24, 2.45) is 5.92 Å². The highest BCUT2D eigenvalue weighted by Crippen LogP contribution is 2.16. The van der Waals surface area contributed by atoms with Gasteiger partial charge in [0.25, 0.3) is 5.91 Å². The lowest BCUT2D eigenvalue weighted by Gasteiger charge is -2.15. The van der Waals surface area contributed by atoms with E-state index in [0.29, 0.717) is 29.5 Å². The van der Waals surface area contributed by atoms with Crippen LogP contribution in [0.25, 0.3) is 0 Å². The highest BCUT2D eigenvalue weighted by atomic mass is 16.5. The lowest BCUT2D eigenvalue weighted by Crippen LogP contribution is -2.30. The zero-order chi connectivity index (χ0) is 19.1. The summed E-state index contributed by atoms with van der Waals surface area (Å²) in [6, 6.07) is 14.1. The van der Waals surface area contributed by atoms with Crippen LogP contribution in [0, 0.1) is 12.8 Å².